The highest BCUT2D eigenvalue weighted by Gasteiger charge is 2.19. The molecular formula is C18H23N3. The van der Waals surface area contributed by atoms with Crippen LogP contribution in [0.2, 0.25) is 0 Å². The van der Waals surface area contributed by atoms with Crippen LogP contribution in [-0.4, -0.2) is 24.6 Å². The second-order valence-electron chi connectivity index (χ2n) is 5.85. The van der Waals surface area contributed by atoms with Gasteiger partial charge in [-0.2, -0.15) is 0 Å². The molecule has 3 rings (SSSR count). The summed E-state index contributed by atoms with van der Waals surface area (Å²) >= 11 is 0. The van der Waals surface area contributed by atoms with Crippen LogP contribution in [0.5, 0.6) is 0 Å². The fraction of sp³-hybridized carbons (Fsp3) is 0.389. The highest BCUT2D eigenvalue weighted by molar-refractivity contribution is 5.47. The number of anilines is 1. The molecule has 2 aromatic rings. The van der Waals surface area contributed by atoms with E-state index >= 15 is 0 Å². The lowest BCUT2D eigenvalue weighted by Gasteiger charge is -2.19. The van der Waals surface area contributed by atoms with Crippen LogP contribution in [-0.2, 0) is 13.0 Å². The van der Waals surface area contributed by atoms with Gasteiger partial charge in [0.05, 0.1) is 0 Å². The first-order chi connectivity index (χ1) is 10.3. The second-order valence-corrected chi connectivity index (χ2v) is 5.85. The predicted molar refractivity (Wildman–Crippen MR) is 87.5 cm³/mol. The van der Waals surface area contributed by atoms with Crippen molar-refractivity contribution >= 4 is 5.69 Å². The predicted octanol–water partition coefficient (Wildman–Crippen LogP) is 3.01. The average Bonchev–Trinajstić information content (AvgIpc) is 3.36. The van der Waals surface area contributed by atoms with Crippen LogP contribution >= 0.6 is 0 Å². The van der Waals surface area contributed by atoms with Gasteiger partial charge in [-0.15, -0.1) is 0 Å². The Morgan fingerprint density at radius 1 is 1.05 bits per heavy atom. The van der Waals surface area contributed by atoms with Gasteiger partial charge in [0, 0.05) is 44.3 Å². The van der Waals surface area contributed by atoms with Gasteiger partial charge in [0.15, 0.2) is 0 Å². The molecule has 0 saturated heterocycles. The smallest absolute Gasteiger partial charge is 0.0363 e. The van der Waals surface area contributed by atoms with E-state index < -0.39 is 0 Å². The number of aromatic nitrogens is 1. The fourth-order valence-electron chi connectivity index (χ4n) is 2.39. The van der Waals surface area contributed by atoms with Crippen LogP contribution in [0.4, 0.5) is 5.69 Å². The molecule has 1 aliphatic rings. The van der Waals surface area contributed by atoms with Crippen LogP contribution in [0.3, 0.4) is 0 Å². The Labute approximate surface area is 127 Å². The van der Waals surface area contributed by atoms with E-state index in [2.05, 4.69) is 58.6 Å². The van der Waals surface area contributed by atoms with Gasteiger partial charge in [0.1, 0.15) is 0 Å². The lowest BCUT2D eigenvalue weighted by atomic mass is 10.1. The number of likely N-dealkylation sites (N-methyl/N-ethyl adjacent to an activating group) is 1. The summed E-state index contributed by atoms with van der Waals surface area (Å²) in [6.07, 6.45) is 7.45. The quantitative estimate of drug-likeness (QED) is 0.845. The Morgan fingerprint density at radius 2 is 1.76 bits per heavy atom. The molecule has 3 heteroatoms. The van der Waals surface area contributed by atoms with Gasteiger partial charge in [0.2, 0.25) is 0 Å². The topological polar surface area (TPSA) is 28.2 Å². The second kappa shape index (κ2) is 6.72. The van der Waals surface area contributed by atoms with Gasteiger partial charge in [-0.25, -0.2) is 0 Å². The van der Waals surface area contributed by atoms with E-state index in [1.807, 2.05) is 12.4 Å². The van der Waals surface area contributed by atoms with Crippen LogP contribution in [0.15, 0.2) is 48.8 Å². The van der Waals surface area contributed by atoms with E-state index in [-0.39, 0.29) is 0 Å². The first kappa shape index (κ1) is 14.1. The third-order valence-corrected chi connectivity index (χ3v) is 4.03. The largest absolute Gasteiger partial charge is 0.374 e. The van der Waals surface area contributed by atoms with Crippen molar-refractivity contribution in [3.05, 3.63) is 59.9 Å². The van der Waals surface area contributed by atoms with Gasteiger partial charge >= 0.3 is 0 Å². The summed E-state index contributed by atoms with van der Waals surface area (Å²) in [5.41, 5.74) is 3.98. The lowest BCUT2D eigenvalue weighted by Crippen LogP contribution is -2.20. The van der Waals surface area contributed by atoms with Crippen LogP contribution < -0.4 is 10.2 Å². The number of pyridine rings is 1. The molecule has 1 aliphatic carbocycles. The zero-order valence-electron chi connectivity index (χ0n) is 12.6. The van der Waals surface area contributed by atoms with Crippen molar-refractivity contribution in [1.82, 2.24) is 10.3 Å². The molecule has 1 heterocycles. The van der Waals surface area contributed by atoms with E-state index in [0.29, 0.717) is 0 Å². The Balaban J connectivity index is 1.50. The first-order valence-electron chi connectivity index (χ1n) is 7.73. The number of rotatable bonds is 7. The number of hydrogen-bond acceptors (Lipinski definition) is 3. The Bertz CT molecular complexity index is 546. The summed E-state index contributed by atoms with van der Waals surface area (Å²) in [6, 6.07) is 13.8. The van der Waals surface area contributed by atoms with Gasteiger partial charge in [-0.3, -0.25) is 4.98 Å². The van der Waals surface area contributed by atoms with Gasteiger partial charge in [-0.1, -0.05) is 12.1 Å². The molecule has 1 aromatic carbocycles. The third kappa shape index (κ3) is 4.30. The fourth-order valence-corrected chi connectivity index (χ4v) is 2.39. The highest BCUT2D eigenvalue weighted by Crippen LogP contribution is 2.20. The molecule has 1 N–H and O–H groups in total. The summed E-state index contributed by atoms with van der Waals surface area (Å²) in [6.45, 7) is 2.01. The van der Waals surface area contributed by atoms with E-state index in [0.717, 1.165) is 25.6 Å². The first-order valence-corrected chi connectivity index (χ1v) is 7.73. The molecule has 1 aromatic heterocycles. The molecular weight excluding hydrogens is 258 g/mol. The summed E-state index contributed by atoms with van der Waals surface area (Å²) in [4.78, 5) is 6.36. The third-order valence-electron chi connectivity index (χ3n) is 4.03. The van der Waals surface area contributed by atoms with Crippen molar-refractivity contribution in [3.8, 4) is 0 Å². The van der Waals surface area contributed by atoms with Crippen molar-refractivity contribution < 1.29 is 0 Å². The molecule has 3 nitrogen and oxygen atoms in total. The number of benzene rings is 1. The summed E-state index contributed by atoms with van der Waals surface area (Å²) in [5, 5.41) is 3.55. The molecule has 0 spiro atoms. The molecule has 110 valence electrons. The van der Waals surface area contributed by atoms with E-state index in [4.69, 9.17) is 0 Å². The summed E-state index contributed by atoms with van der Waals surface area (Å²) < 4.78 is 0. The van der Waals surface area contributed by atoms with Gasteiger partial charge < -0.3 is 10.2 Å². The Morgan fingerprint density at radius 3 is 2.43 bits per heavy atom. The zero-order valence-corrected chi connectivity index (χ0v) is 12.6. The maximum Gasteiger partial charge on any atom is 0.0363 e. The molecule has 0 unspecified atom stereocenters. The molecule has 21 heavy (non-hydrogen) atoms. The summed E-state index contributed by atoms with van der Waals surface area (Å²) in [5.74, 6) is 0. The molecule has 1 fully saturated rings. The van der Waals surface area contributed by atoms with Crippen LogP contribution in [0, 0.1) is 0 Å². The summed E-state index contributed by atoms with van der Waals surface area (Å²) in [7, 11) is 2.15. The van der Waals surface area contributed by atoms with E-state index in [1.165, 1.54) is 29.7 Å². The normalized spacial score (nSPS) is 14.1. The van der Waals surface area contributed by atoms with Gasteiger partial charge in [-0.05, 0) is 54.7 Å². The van der Waals surface area contributed by atoms with E-state index in [1.54, 1.807) is 0 Å². The molecule has 0 bridgehead atoms. The molecule has 1 saturated carbocycles. The number of nitrogens with one attached hydrogen (secondary N) is 1. The standard InChI is InChI=1S/C18H23N3/c1-21(13-10-15-8-11-19-12-9-15)18-6-2-16(3-7-18)14-20-17-4-5-17/h2-3,6-9,11-12,17,20H,4-5,10,13-14H2,1H3. The van der Waals surface area contributed by atoms with Gasteiger partial charge in [0.25, 0.3) is 0 Å². The van der Waals surface area contributed by atoms with Crippen molar-refractivity contribution in [2.24, 2.45) is 0 Å². The molecule has 0 aliphatic heterocycles. The minimum absolute atomic E-state index is 0.771. The average molecular weight is 281 g/mol. The zero-order chi connectivity index (χ0) is 14.5. The molecule has 0 amide bonds. The van der Waals surface area contributed by atoms with Crippen molar-refractivity contribution in [2.75, 3.05) is 18.5 Å². The number of nitrogens with zero attached hydrogens (tertiary/aromatic N) is 2. The minimum Gasteiger partial charge on any atom is -0.374 e. The van der Waals surface area contributed by atoms with Crippen molar-refractivity contribution in [2.45, 2.75) is 31.8 Å². The Kier molecular flexibility index (Phi) is 4.51. The Hall–Kier alpha value is -1.87. The number of hydrogen-bond donors (Lipinski definition) is 1. The SMILES string of the molecule is CN(CCc1ccncc1)c1ccc(CNC2CC2)cc1. The van der Waals surface area contributed by atoms with Crippen LogP contribution in [0.1, 0.15) is 24.0 Å². The monoisotopic (exact) mass is 281 g/mol. The van der Waals surface area contributed by atoms with Crippen molar-refractivity contribution in [3.63, 3.8) is 0 Å². The molecule has 0 atom stereocenters. The highest BCUT2D eigenvalue weighted by atomic mass is 15.1. The maximum atomic E-state index is 4.06. The lowest BCUT2D eigenvalue weighted by molar-refractivity contribution is 0.688. The van der Waals surface area contributed by atoms with Crippen molar-refractivity contribution in [1.29, 1.82) is 0 Å². The van der Waals surface area contributed by atoms with E-state index in [9.17, 15) is 0 Å². The van der Waals surface area contributed by atoms with Crippen LogP contribution in [0.25, 0.3) is 0 Å². The maximum absolute atomic E-state index is 4.06. The minimum atomic E-state index is 0.771. The molecule has 0 radical (unpaired) electrons.